The molecule has 0 bridgehead atoms. The van der Waals surface area contributed by atoms with Crippen molar-refractivity contribution in [1.82, 2.24) is 10.6 Å². The van der Waals surface area contributed by atoms with Gasteiger partial charge >= 0.3 is 6.03 Å². The van der Waals surface area contributed by atoms with E-state index in [0.717, 1.165) is 11.3 Å². The molecular formula is C16H16FN3O2S. The quantitative estimate of drug-likeness (QED) is 0.844. The normalized spacial score (nSPS) is 12.8. The van der Waals surface area contributed by atoms with Crippen molar-refractivity contribution >= 4 is 29.0 Å². The van der Waals surface area contributed by atoms with Crippen molar-refractivity contribution in [3.05, 3.63) is 52.0 Å². The van der Waals surface area contributed by atoms with E-state index in [2.05, 4.69) is 10.6 Å². The summed E-state index contributed by atoms with van der Waals surface area (Å²) in [5, 5.41) is 7.35. The zero-order valence-corrected chi connectivity index (χ0v) is 13.2. The lowest BCUT2D eigenvalue weighted by Gasteiger charge is -2.18. The number of hydrogen-bond acceptors (Lipinski definition) is 3. The van der Waals surface area contributed by atoms with Crippen LogP contribution in [0, 0.1) is 5.82 Å². The van der Waals surface area contributed by atoms with E-state index in [1.54, 1.807) is 17.0 Å². The zero-order chi connectivity index (χ0) is 16.2. The third-order valence-corrected chi connectivity index (χ3v) is 4.48. The predicted molar refractivity (Wildman–Crippen MR) is 87.5 cm³/mol. The van der Waals surface area contributed by atoms with Crippen molar-refractivity contribution in [3.63, 3.8) is 0 Å². The highest BCUT2D eigenvalue weighted by atomic mass is 32.1. The van der Waals surface area contributed by atoms with Gasteiger partial charge in [0.2, 0.25) is 0 Å². The van der Waals surface area contributed by atoms with Gasteiger partial charge in [0, 0.05) is 25.3 Å². The first kappa shape index (κ1) is 15.5. The van der Waals surface area contributed by atoms with Crippen molar-refractivity contribution in [2.24, 2.45) is 0 Å². The first-order valence-corrected chi connectivity index (χ1v) is 8.18. The fraction of sp³-hybridized carbons (Fsp3) is 0.250. The molecule has 1 aromatic carbocycles. The second-order valence-corrected chi connectivity index (χ2v) is 6.09. The molecule has 120 valence electrons. The molecule has 0 aliphatic carbocycles. The molecule has 0 saturated heterocycles. The lowest BCUT2D eigenvalue weighted by atomic mass is 10.2. The van der Waals surface area contributed by atoms with Gasteiger partial charge in [-0.2, -0.15) is 0 Å². The topological polar surface area (TPSA) is 61.4 Å². The molecule has 0 spiro atoms. The molecule has 0 atom stereocenters. The lowest BCUT2D eigenvalue weighted by Crippen LogP contribution is -2.42. The van der Waals surface area contributed by atoms with Gasteiger partial charge in [-0.05, 0) is 41.6 Å². The number of urea groups is 1. The molecule has 2 heterocycles. The van der Waals surface area contributed by atoms with Crippen molar-refractivity contribution in [3.8, 4) is 0 Å². The lowest BCUT2D eigenvalue weighted by molar-refractivity contribution is 0.0958. The highest BCUT2D eigenvalue weighted by Gasteiger charge is 2.24. The monoisotopic (exact) mass is 333 g/mol. The molecule has 1 aromatic heterocycles. The highest BCUT2D eigenvalue weighted by Crippen LogP contribution is 2.28. The molecule has 7 heteroatoms. The Morgan fingerprint density at radius 1 is 1.22 bits per heavy atom. The first-order chi connectivity index (χ1) is 11.1. The predicted octanol–water partition coefficient (Wildman–Crippen LogP) is 2.39. The van der Waals surface area contributed by atoms with Gasteiger partial charge in [0.15, 0.2) is 0 Å². The summed E-state index contributed by atoms with van der Waals surface area (Å²) in [5.74, 6) is -0.432. The maximum Gasteiger partial charge on any atom is 0.321 e. The molecule has 0 unspecified atom stereocenters. The fourth-order valence-corrected chi connectivity index (χ4v) is 3.16. The third-order valence-electron chi connectivity index (χ3n) is 3.61. The number of nitrogens with one attached hydrogen (secondary N) is 2. The van der Waals surface area contributed by atoms with Gasteiger partial charge in [-0.25, -0.2) is 9.18 Å². The number of amides is 3. The van der Waals surface area contributed by atoms with E-state index in [1.165, 1.54) is 23.5 Å². The second-order valence-electron chi connectivity index (χ2n) is 5.14. The summed E-state index contributed by atoms with van der Waals surface area (Å²) in [5.41, 5.74) is 1.58. The van der Waals surface area contributed by atoms with E-state index in [-0.39, 0.29) is 17.8 Å². The van der Waals surface area contributed by atoms with E-state index < -0.39 is 0 Å². The van der Waals surface area contributed by atoms with Gasteiger partial charge in [-0.3, -0.25) is 9.69 Å². The maximum atomic E-state index is 13.2. The van der Waals surface area contributed by atoms with Gasteiger partial charge < -0.3 is 10.6 Å². The minimum atomic E-state index is -0.290. The van der Waals surface area contributed by atoms with Crippen LogP contribution in [-0.2, 0) is 6.42 Å². The number of carbonyl (C=O) groups is 2. The van der Waals surface area contributed by atoms with E-state index in [1.807, 2.05) is 11.4 Å². The summed E-state index contributed by atoms with van der Waals surface area (Å²) in [6.45, 7) is 1.22. The van der Waals surface area contributed by atoms with Crippen LogP contribution < -0.4 is 15.5 Å². The smallest absolute Gasteiger partial charge is 0.321 e. The average Bonchev–Trinajstić information content (AvgIpc) is 3.19. The van der Waals surface area contributed by atoms with Crippen LogP contribution in [0.5, 0.6) is 0 Å². The van der Waals surface area contributed by atoms with E-state index >= 15 is 0 Å². The maximum absolute atomic E-state index is 13.2. The number of thiophene rings is 1. The third kappa shape index (κ3) is 3.50. The van der Waals surface area contributed by atoms with Gasteiger partial charge in [-0.15, -0.1) is 11.3 Å². The van der Waals surface area contributed by atoms with Crippen LogP contribution in [0.1, 0.15) is 15.2 Å². The number of hydrogen-bond donors (Lipinski definition) is 2. The van der Waals surface area contributed by atoms with E-state index in [9.17, 15) is 14.0 Å². The largest absolute Gasteiger partial charge is 0.350 e. The van der Waals surface area contributed by atoms with Gasteiger partial charge in [0.25, 0.3) is 5.91 Å². The molecule has 2 N–H and O–H groups in total. The van der Waals surface area contributed by atoms with E-state index in [0.29, 0.717) is 30.9 Å². The second kappa shape index (κ2) is 6.78. The summed E-state index contributed by atoms with van der Waals surface area (Å²) in [4.78, 5) is 26.2. The van der Waals surface area contributed by atoms with Crippen LogP contribution in [0.3, 0.4) is 0 Å². The SMILES string of the molecule is O=C(NCCNC(=O)N1CCc2cc(F)ccc21)c1cccs1. The molecule has 1 aliphatic heterocycles. The molecule has 0 saturated carbocycles. The van der Waals surface area contributed by atoms with Crippen LogP contribution in [-0.4, -0.2) is 31.6 Å². The summed E-state index contributed by atoms with van der Waals surface area (Å²) in [6, 6.07) is 7.76. The zero-order valence-electron chi connectivity index (χ0n) is 12.3. The Morgan fingerprint density at radius 2 is 2.04 bits per heavy atom. The summed E-state index contributed by atoms with van der Waals surface area (Å²) in [7, 11) is 0. The van der Waals surface area contributed by atoms with Crippen LogP contribution in [0.15, 0.2) is 35.7 Å². The Kier molecular flexibility index (Phi) is 4.57. The molecule has 0 fully saturated rings. The number of carbonyl (C=O) groups excluding carboxylic acids is 2. The number of anilines is 1. The Labute approximate surface area is 137 Å². The average molecular weight is 333 g/mol. The van der Waals surface area contributed by atoms with Crippen molar-refractivity contribution in [2.75, 3.05) is 24.5 Å². The number of halogens is 1. The van der Waals surface area contributed by atoms with Crippen LogP contribution in [0.25, 0.3) is 0 Å². The molecular weight excluding hydrogens is 317 g/mol. The minimum Gasteiger partial charge on any atom is -0.350 e. The van der Waals surface area contributed by atoms with Gasteiger partial charge in [0.05, 0.1) is 4.88 Å². The fourth-order valence-electron chi connectivity index (χ4n) is 2.52. The van der Waals surface area contributed by atoms with Crippen LogP contribution in [0.4, 0.5) is 14.9 Å². The molecule has 2 aromatic rings. The minimum absolute atomic E-state index is 0.142. The Balaban J connectivity index is 1.47. The Hall–Kier alpha value is -2.41. The number of nitrogens with zero attached hydrogens (tertiary/aromatic N) is 1. The van der Waals surface area contributed by atoms with Crippen molar-refractivity contribution in [2.45, 2.75) is 6.42 Å². The number of rotatable bonds is 4. The number of benzene rings is 1. The molecule has 3 amide bonds. The Bertz CT molecular complexity index is 718. The van der Waals surface area contributed by atoms with Crippen molar-refractivity contribution < 1.29 is 14.0 Å². The van der Waals surface area contributed by atoms with Crippen LogP contribution in [0.2, 0.25) is 0 Å². The highest BCUT2D eigenvalue weighted by molar-refractivity contribution is 7.12. The van der Waals surface area contributed by atoms with E-state index in [4.69, 9.17) is 0 Å². The molecule has 1 aliphatic rings. The standard InChI is InChI=1S/C16H16FN3O2S/c17-12-3-4-13-11(10-12)5-8-20(13)16(22)19-7-6-18-15(21)14-2-1-9-23-14/h1-4,9-10H,5-8H2,(H,18,21)(H,19,22). The summed E-state index contributed by atoms with van der Waals surface area (Å²) < 4.78 is 13.2. The van der Waals surface area contributed by atoms with Crippen LogP contribution >= 0.6 is 11.3 Å². The van der Waals surface area contributed by atoms with Gasteiger partial charge in [0.1, 0.15) is 5.82 Å². The molecule has 5 nitrogen and oxygen atoms in total. The summed E-state index contributed by atoms with van der Waals surface area (Å²) >= 11 is 1.37. The first-order valence-electron chi connectivity index (χ1n) is 7.30. The van der Waals surface area contributed by atoms with Gasteiger partial charge in [-0.1, -0.05) is 6.07 Å². The molecule has 0 radical (unpaired) electrons. The van der Waals surface area contributed by atoms with Crippen molar-refractivity contribution in [1.29, 1.82) is 0 Å². The Morgan fingerprint density at radius 3 is 2.83 bits per heavy atom. The molecule has 23 heavy (non-hydrogen) atoms. The summed E-state index contributed by atoms with van der Waals surface area (Å²) in [6.07, 6.45) is 0.648. The molecule has 3 rings (SSSR count). The number of fused-ring (bicyclic) bond motifs is 1.